The van der Waals surface area contributed by atoms with Gasteiger partial charge in [0.1, 0.15) is 6.04 Å². The molecule has 1 aromatic carbocycles. The third-order valence-electron chi connectivity index (χ3n) is 1.85. The lowest BCUT2D eigenvalue weighted by molar-refractivity contribution is -0.138. The van der Waals surface area contributed by atoms with E-state index in [1.54, 1.807) is 0 Å². The summed E-state index contributed by atoms with van der Waals surface area (Å²) in [5.41, 5.74) is 6.04. The molecule has 0 bridgehead atoms. The third-order valence-corrected chi connectivity index (χ3v) is 1.85. The second-order valence-electron chi connectivity index (χ2n) is 3.19. The van der Waals surface area contributed by atoms with Gasteiger partial charge in [-0.1, -0.05) is 32.0 Å². The van der Waals surface area contributed by atoms with Gasteiger partial charge >= 0.3 is 5.97 Å². The Morgan fingerprint density at radius 1 is 1.29 bits per heavy atom. The van der Waals surface area contributed by atoms with Gasteiger partial charge in [0.05, 0.1) is 0 Å². The maximum Gasteiger partial charge on any atom is 0.320 e. The summed E-state index contributed by atoms with van der Waals surface area (Å²) >= 11 is 0. The monoisotopic (exact) mass is 236 g/mol. The number of hydrogen-bond donors (Lipinski definition) is 3. The van der Waals surface area contributed by atoms with Crippen molar-refractivity contribution < 1.29 is 9.90 Å². The van der Waals surface area contributed by atoms with E-state index in [-0.39, 0.29) is 0 Å². The zero-order valence-electron chi connectivity index (χ0n) is 10.5. The first kappa shape index (κ1) is 15.2. The number of rotatable bonds is 1. The third kappa shape index (κ3) is 5.73. The Kier molecular flexibility index (Phi) is 7.46. The summed E-state index contributed by atoms with van der Waals surface area (Å²) < 4.78 is 0. The SMILES string of the molecule is CC.CC(N)C(=O)O.c1ccc2[nH]ccc2c1. The Hall–Kier alpha value is -1.81. The van der Waals surface area contributed by atoms with Crippen LogP contribution in [0.15, 0.2) is 36.5 Å². The molecule has 0 aliphatic carbocycles. The van der Waals surface area contributed by atoms with Gasteiger partial charge in [-0.3, -0.25) is 4.79 Å². The number of nitrogens with two attached hydrogens (primary N) is 1. The summed E-state index contributed by atoms with van der Waals surface area (Å²) in [6.45, 7) is 5.42. The van der Waals surface area contributed by atoms with Crippen LogP contribution in [-0.4, -0.2) is 22.1 Å². The van der Waals surface area contributed by atoms with Gasteiger partial charge in [0.25, 0.3) is 0 Å². The zero-order chi connectivity index (χ0) is 13.3. The van der Waals surface area contributed by atoms with Crippen LogP contribution in [0.5, 0.6) is 0 Å². The minimum absolute atomic E-state index is 0.731. The molecular formula is C13H20N2O2. The van der Waals surface area contributed by atoms with Crippen LogP contribution >= 0.6 is 0 Å². The number of para-hydroxylation sites is 1. The Labute approximate surface area is 101 Å². The molecule has 4 N–H and O–H groups in total. The van der Waals surface area contributed by atoms with E-state index in [1.807, 2.05) is 32.2 Å². The van der Waals surface area contributed by atoms with Crippen molar-refractivity contribution >= 4 is 16.9 Å². The average molecular weight is 236 g/mol. The van der Waals surface area contributed by atoms with E-state index >= 15 is 0 Å². The maximum absolute atomic E-state index is 9.57. The maximum atomic E-state index is 9.57. The topological polar surface area (TPSA) is 79.1 Å². The standard InChI is InChI=1S/C8H7N.C3H7NO2.C2H6/c1-2-4-8-7(3-1)5-6-9-8;1-2(4)3(5)6;1-2/h1-6,9H;2H,4H2,1H3,(H,5,6);1-2H3. The minimum Gasteiger partial charge on any atom is -0.480 e. The largest absolute Gasteiger partial charge is 0.480 e. The second-order valence-corrected chi connectivity index (χ2v) is 3.19. The molecule has 4 nitrogen and oxygen atoms in total. The van der Waals surface area contributed by atoms with Crippen LogP contribution in [0.1, 0.15) is 20.8 Å². The van der Waals surface area contributed by atoms with E-state index in [9.17, 15) is 4.79 Å². The summed E-state index contributed by atoms with van der Waals surface area (Å²) in [5, 5.41) is 9.14. The molecule has 17 heavy (non-hydrogen) atoms. The molecule has 94 valence electrons. The highest BCUT2D eigenvalue weighted by Gasteiger charge is 1.99. The summed E-state index contributed by atoms with van der Waals surface area (Å²) in [7, 11) is 0. The molecule has 0 amide bonds. The van der Waals surface area contributed by atoms with Gasteiger partial charge in [0.15, 0.2) is 0 Å². The Morgan fingerprint density at radius 3 is 2.29 bits per heavy atom. The van der Waals surface area contributed by atoms with Crippen LogP contribution in [0.3, 0.4) is 0 Å². The summed E-state index contributed by atoms with van der Waals surface area (Å²) in [4.78, 5) is 12.7. The number of benzene rings is 1. The fourth-order valence-electron chi connectivity index (χ4n) is 0.995. The van der Waals surface area contributed by atoms with Crippen LogP contribution < -0.4 is 5.73 Å². The Bertz CT molecular complexity index is 405. The fourth-order valence-corrected chi connectivity index (χ4v) is 0.995. The zero-order valence-corrected chi connectivity index (χ0v) is 10.5. The van der Waals surface area contributed by atoms with Crippen LogP contribution in [0.2, 0.25) is 0 Å². The van der Waals surface area contributed by atoms with Crippen LogP contribution in [-0.2, 0) is 4.79 Å². The van der Waals surface area contributed by atoms with Gasteiger partial charge in [-0.05, 0) is 24.4 Å². The first-order valence-electron chi connectivity index (χ1n) is 5.62. The van der Waals surface area contributed by atoms with Crippen LogP contribution in [0, 0.1) is 0 Å². The van der Waals surface area contributed by atoms with Gasteiger partial charge in [-0.2, -0.15) is 0 Å². The lowest BCUT2D eigenvalue weighted by Gasteiger charge is -1.90. The molecule has 0 spiro atoms. The van der Waals surface area contributed by atoms with Crippen molar-refractivity contribution in [3.63, 3.8) is 0 Å². The minimum atomic E-state index is -0.963. The fraction of sp³-hybridized carbons (Fsp3) is 0.308. The molecule has 1 heterocycles. The molecule has 1 unspecified atom stereocenters. The van der Waals surface area contributed by atoms with Crippen molar-refractivity contribution in [1.29, 1.82) is 0 Å². The van der Waals surface area contributed by atoms with Crippen molar-refractivity contribution in [3.05, 3.63) is 36.5 Å². The first-order chi connectivity index (χ1) is 8.11. The molecule has 0 saturated carbocycles. The van der Waals surface area contributed by atoms with Gasteiger partial charge < -0.3 is 15.8 Å². The number of aromatic nitrogens is 1. The number of fused-ring (bicyclic) bond motifs is 1. The predicted molar refractivity (Wildman–Crippen MR) is 70.9 cm³/mol. The van der Waals surface area contributed by atoms with Crippen molar-refractivity contribution in [2.75, 3.05) is 0 Å². The van der Waals surface area contributed by atoms with Gasteiger partial charge in [-0.25, -0.2) is 0 Å². The highest BCUT2D eigenvalue weighted by molar-refractivity contribution is 5.78. The van der Waals surface area contributed by atoms with E-state index in [2.05, 4.69) is 23.2 Å². The molecule has 4 heteroatoms. The first-order valence-corrected chi connectivity index (χ1v) is 5.62. The smallest absolute Gasteiger partial charge is 0.320 e. The highest BCUT2D eigenvalue weighted by atomic mass is 16.4. The predicted octanol–water partition coefficient (Wildman–Crippen LogP) is 2.61. The highest BCUT2D eigenvalue weighted by Crippen LogP contribution is 2.09. The van der Waals surface area contributed by atoms with E-state index in [0.29, 0.717) is 0 Å². The molecule has 1 aromatic heterocycles. The van der Waals surface area contributed by atoms with E-state index in [1.165, 1.54) is 17.8 Å². The van der Waals surface area contributed by atoms with Crippen LogP contribution in [0.4, 0.5) is 0 Å². The van der Waals surface area contributed by atoms with Crippen molar-refractivity contribution in [1.82, 2.24) is 4.98 Å². The Balaban J connectivity index is 0.000000283. The molecule has 0 saturated heterocycles. The molecule has 2 rings (SSSR count). The van der Waals surface area contributed by atoms with Crippen molar-refractivity contribution in [2.45, 2.75) is 26.8 Å². The lowest BCUT2D eigenvalue weighted by atomic mass is 10.3. The molecule has 0 radical (unpaired) electrons. The number of hydrogen-bond acceptors (Lipinski definition) is 2. The lowest BCUT2D eigenvalue weighted by Crippen LogP contribution is -2.25. The number of aliphatic carboxylic acids is 1. The molecule has 0 aliphatic rings. The summed E-state index contributed by atoms with van der Waals surface area (Å²) in [6, 6.07) is 9.55. The van der Waals surface area contributed by atoms with E-state index in [4.69, 9.17) is 10.8 Å². The number of aromatic amines is 1. The quantitative estimate of drug-likeness (QED) is 0.712. The normalized spacial score (nSPS) is 10.6. The molecule has 0 fully saturated rings. The molecule has 0 aliphatic heterocycles. The molecule has 1 atom stereocenters. The average Bonchev–Trinajstić information content (AvgIpc) is 2.80. The van der Waals surface area contributed by atoms with Gasteiger partial charge in [0.2, 0.25) is 0 Å². The number of nitrogens with one attached hydrogen (secondary N) is 1. The van der Waals surface area contributed by atoms with Crippen molar-refractivity contribution in [3.8, 4) is 0 Å². The summed E-state index contributed by atoms with van der Waals surface area (Å²) in [6.07, 6.45) is 1.95. The second kappa shape index (κ2) is 8.35. The number of carbonyl (C=O) groups is 1. The van der Waals surface area contributed by atoms with E-state index in [0.717, 1.165) is 0 Å². The number of carboxylic acids is 1. The molecule has 2 aromatic rings. The van der Waals surface area contributed by atoms with Crippen LogP contribution in [0.25, 0.3) is 10.9 Å². The Morgan fingerprint density at radius 2 is 1.82 bits per heavy atom. The summed E-state index contributed by atoms with van der Waals surface area (Å²) in [5.74, 6) is -0.963. The number of H-pyrrole nitrogens is 1. The van der Waals surface area contributed by atoms with Gasteiger partial charge in [-0.15, -0.1) is 0 Å². The van der Waals surface area contributed by atoms with Crippen molar-refractivity contribution in [2.24, 2.45) is 5.73 Å². The molecular weight excluding hydrogens is 216 g/mol. The number of carboxylic acid groups (broad SMARTS) is 1. The van der Waals surface area contributed by atoms with E-state index < -0.39 is 12.0 Å². The van der Waals surface area contributed by atoms with Gasteiger partial charge in [0, 0.05) is 11.7 Å².